The van der Waals surface area contributed by atoms with Gasteiger partial charge in [-0.1, -0.05) is 11.8 Å². The molecular weight excluding hydrogens is 304 g/mol. The molecule has 0 radical (unpaired) electrons. The van der Waals surface area contributed by atoms with Crippen LogP contribution >= 0.6 is 11.8 Å². The molecule has 6 nitrogen and oxygen atoms in total. The van der Waals surface area contributed by atoms with E-state index in [1.807, 2.05) is 6.07 Å². The Morgan fingerprint density at radius 2 is 1.86 bits per heavy atom. The first-order valence-electron chi connectivity index (χ1n) is 6.10. The zero-order valence-corrected chi connectivity index (χ0v) is 12.3. The van der Waals surface area contributed by atoms with Gasteiger partial charge in [-0.2, -0.15) is 5.26 Å². The average Bonchev–Trinajstić information content (AvgIpc) is 2.54. The molecule has 7 heteroatoms. The van der Waals surface area contributed by atoms with Gasteiger partial charge in [0.15, 0.2) is 0 Å². The highest BCUT2D eigenvalue weighted by Crippen LogP contribution is 2.31. The van der Waals surface area contributed by atoms with E-state index < -0.39 is 10.9 Å². The van der Waals surface area contributed by atoms with E-state index >= 15 is 0 Å². The number of methoxy groups -OCH3 is 1. The summed E-state index contributed by atoms with van der Waals surface area (Å²) >= 11 is 1.34. The second-order valence-electron chi connectivity index (χ2n) is 4.17. The van der Waals surface area contributed by atoms with Crippen LogP contribution in [0.15, 0.2) is 52.3 Å². The number of ether oxygens (including phenoxy) is 1. The van der Waals surface area contributed by atoms with Crippen LogP contribution in [0.2, 0.25) is 0 Å². The van der Waals surface area contributed by atoms with Crippen molar-refractivity contribution in [3.63, 3.8) is 0 Å². The van der Waals surface area contributed by atoms with E-state index in [4.69, 9.17) is 5.26 Å². The summed E-state index contributed by atoms with van der Waals surface area (Å²) in [5, 5.41) is 19.8. The van der Waals surface area contributed by atoms with Crippen LogP contribution in [-0.2, 0) is 4.74 Å². The maximum atomic E-state index is 11.3. The fourth-order valence-electron chi connectivity index (χ4n) is 1.74. The number of carbonyl (C=O) groups is 1. The molecule has 0 atom stereocenters. The Balaban J connectivity index is 2.22. The topological polar surface area (TPSA) is 93.2 Å². The molecular formula is C15H10N2O4S. The molecule has 0 aromatic heterocycles. The van der Waals surface area contributed by atoms with E-state index in [9.17, 15) is 14.9 Å². The SMILES string of the molecule is COC(=O)c1ccc(Sc2ccc([N+](=O)[O-])c(C#N)c2)cc1. The number of hydrogen-bond donors (Lipinski definition) is 0. The molecule has 2 aromatic carbocycles. The highest BCUT2D eigenvalue weighted by molar-refractivity contribution is 7.99. The van der Waals surface area contributed by atoms with Gasteiger partial charge in [0, 0.05) is 15.9 Å². The molecule has 2 aromatic rings. The molecule has 2 rings (SSSR count). The third-order valence-corrected chi connectivity index (χ3v) is 3.79. The van der Waals surface area contributed by atoms with Crippen LogP contribution in [0.1, 0.15) is 15.9 Å². The van der Waals surface area contributed by atoms with Gasteiger partial charge in [-0.05, 0) is 36.4 Å². The van der Waals surface area contributed by atoms with Crippen LogP contribution in [0, 0.1) is 21.4 Å². The molecule has 0 amide bonds. The normalized spacial score (nSPS) is 9.82. The van der Waals surface area contributed by atoms with Gasteiger partial charge in [0.25, 0.3) is 5.69 Å². The third kappa shape index (κ3) is 3.42. The Kier molecular flexibility index (Phi) is 4.76. The van der Waals surface area contributed by atoms with Gasteiger partial charge in [0.2, 0.25) is 0 Å². The van der Waals surface area contributed by atoms with Gasteiger partial charge in [0.05, 0.1) is 17.6 Å². The second kappa shape index (κ2) is 6.74. The number of nitrogens with zero attached hydrogens (tertiary/aromatic N) is 2. The average molecular weight is 314 g/mol. The Hall–Kier alpha value is -2.85. The largest absolute Gasteiger partial charge is 0.465 e. The van der Waals surface area contributed by atoms with Crippen LogP contribution < -0.4 is 0 Å². The molecule has 0 spiro atoms. The molecule has 22 heavy (non-hydrogen) atoms. The summed E-state index contributed by atoms with van der Waals surface area (Å²) in [5.41, 5.74) is 0.238. The molecule has 0 saturated carbocycles. The lowest BCUT2D eigenvalue weighted by Gasteiger charge is -2.04. The summed E-state index contributed by atoms with van der Waals surface area (Å²) in [6, 6.07) is 12.9. The second-order valence-corrected chi connectivity index (χ2v) is 5.31. The molecule has 0 fully saturated rings. The molecule has 110 valence electrons. The van der Waals surface area contributed by atoms with E-state index in [0.717, 1.165) is 4.90 Å². The fraction of sp³-hybridized carbons (Fsp3) is 0.0667. The number of carbonyl (C=O) groups excluding carboxylic acids is 1. The minimum Gasteiger partial charge on any atom is -0.465 e. The first-order valence-corrected chi connectivity index (χ1v) is 6.91. The maximum absolute atomic E-state index is 11.3. The number of nitro benzene ring substituents is 1. The monoisotopic (exact) mass is 314 g/mol. The molecule has 0 aliphatic rings. The molecule has 0 bridgehead atoms. The summed E-state index contributed by atoms with van der Waals surface area (Å²) in [7, 11) is 1.31. The van der Waals surface area contributed by atoms with Crippen molar-refractivity contribution < 1.29 is 14.5 Å². The predicted octanol–water partition coefficient (Wildman–Crippen LogP) is 3.40. The zero-order valence-electron chi connectivity index (χ0n) is 11.5. The van der Waals surface area contributed by atoms with Crippen LogP contribution in [0.4, 0.5) is 5.69 Å². The van der Waals surface area contributed by atoms with Crippen molar-refractivity contribution >= 4 is 23.4 Å². The maximum Gasteiger partial charge on any atom is 0.337 e. The lowest BCUT2D eigenvalue weighted by Crippen LogP contribution is -2.00. The van der Waals surface area contributed by atoms with Gasteiger partial charge in [-0.15, -0.1) is 0 Å². The minimum atomic E-state index is -0.585. The molecule has 0 saturated heterocycles. The van der Waals surface area contributed by atoms with Crippen molar-refractivity contribution in [1.82, 2.24) is 0 Å². The zero-order chi connectivity index (χ0) is 16.1. The van der Waals surface area contributed by atoms with Crippen molar-refractivity contribution in [2.45, 2.75) is 9.79 Å². The quantitative estimate of drug-likeness (QED) is 0.488. The van der Waals surface area contributed by atoms with E-state index in [-0.39, 0.29) is 11.3 Å². The summed E-state index contributed by atoms with van der Waals surface area (Å²) in [4.78, 5) is 23.1. The van der Waals surface area contributed by atoms with Crippen molar-refractivity contribution in [1.29, 1.82) is 5.26 Å². The molecule has 0 heterocycles. The van der Waals surface area contributed by atoms with Gasteiger partial charge in [-0.3, -0.25) is 10.1 Å². The highest BCUT2D eigenvalue weighted by Gasteiger charge is 2.14. The Labute approximate surface area is 130 Å². The highest BCUT2D eigenvalue weighted by atomic mass is 32.2. The lowest BCUT2D eigenvalue weighted by molar-refractivity contribution is -0.385. The van der Waals surface area contributed by atoms with E-state index in [1.165, 1.54) is 31.0 Å². The van der Waals surface area contributed by atoms with Crippen molar-refractivity contribution in [3.8, 4) is 6.07 Å². The number of nitriles is 1. The summed E-state index contributed by atoms with van der Waals surface area (Å²) in [5.74, 6) is -0.418. The summed E-state index contributed by atoms with van der Waals surface area (Å²) in [6.45, 7) is 0. The predicted molar refractivity (Wildman–Crippen MR) is 79.7 cm³/mol. The first-order chi connectivity index (χ1) is 10.5. The summed E-state index contributed by atoms with van der Waals surface area (Å²) in [6.07, 6.45) is 0. The number of nitro groups is 1. The van der Waals surface area contributed by atoms with Gasteiger partial charge in [-0.25, -0.2) is 4.79 Å². The van der Waals surface area contributed by atoms with E-state index in [1.54, 1.807) is 30.3 Å². The smallest absolute Gasteiger partial charge is 0.337 e. The van der Waals surface area contributed by atoms with Crippen LogP contribution in [0.3, 0.4) is 0 Å². The van der Waals surface area contributed by atoms with Crippen LogP contribution in [0.5, 0.6) is 0 Å². The number of benzene rings is 2. The number of hydrogen-bond acceptors (Lipinski definition) is 6. The van der Waals surface area contributed by atoms with E-state index in [0.29, 0.717) is 10.5 Å². The van der Waals surface area contributed by atoms with Gasteiger partial charge in [0.1, 0.15) is 11.6 Å². The Morgan fingerprint density at radius 3 is 2.41 bits per heavy atom. The number of esters is 1. The van der Waals surface area contributed by atoms with Crippen LogP contribution in [0.25, 0.3) is 0 Å². The van der Waals surface area contributed by atoms with Gasteiger partial charge < -0.3 is 4.74 Å². The third-order valence-electron chi connectivity index (χ3n) is 2.80. The lowest BCUT2D eigenvalue weighted by atomic mass is 10.2. The number of rotatable bonds is 4. The van der Waals surface area contributed by atoms with Crippen molar-refractivity contribution in [2.24, 2.45) is 0 Å². The van der Waals surface area contributed by atoms with Crippen LogP contribution in [-0.4, -0.2) is 18.0 Å². The summed E-state index contributed by atoms with van der Waals surface area (Å²) < 4.78 is 4.61. The van der Waals surface area contributed by atoms with Gasteiger partial charge >= 0.3 is 5.97 Å². The first kappa shape index (κ1) is 15.5. The van der Waals surface area contributed by atoms with E-state index in [2.05, 4.69) is 4.74 Å². The standard InChI is InChI=1S/C15H10N2O4S/c1-21-15(18)10-2-4-12(5-3-10)22-13-6-7-14(17(19)20)11(8-13)9-16/h2-8H,1H3. The molecule has 0 unspecified atom stereocenters. The minimum absolute atomic E-state index is 0.0150. The molecule has 0 aliphatic carbocycles. The van der Waals surface area contributed by atoms with Crippen molar-refractivity contribution in [3.05, 3.63) is 63.7 Å². The Morgan fingerprint density at radius 1 is 1.23 bits per heavy atom. The fourth-order valence-corrected chi connectivity index (χ4v) is 2.60. The Bertz CT molecular complexity index is 766. The molecule has 0 aliphatic heterocycles. The van der Waals surface area contributed by atoms with Crippen molar-refractivity contribution in [2.75, 3.05) is 7.11 Å². The molecule has 0 N–H and O–H groups in total.